The molecule has 18 heavy (non-hydrogen) atoms. The van der Waals surface area contributed by atoms with Gasteiger partial charge in [0.2, 0.25) is 0 Å². The van der Waals surface area contributed by atoms with Crippen molar-refractivity contribution in [2.45, 2.75) is 25.7 Å². The van der Waals surface area contributed by atoms with E-state index < -0.39 is 11.9 Å². The van der Waals surface area contributed by atoms with Crippen LogP contribution < -0.4 is 9.47 Å². The number of hydrogen-bond donors (Lipinski definition) is 1. The molecule has 1 N–H and O–H groups in total. The molecule has 1 aromatic rings. The molecule has 1 unspecified atom stereocenters. The quantitative estimate of drug-likeness (QED) is 0.872. The van der Waals surface area contributed by atoms with Crippen molar-refractivity contribution >= 4 is 5.97 Å². The van der Waals surface area contributed by atoms with Gasteiger partial charge in [-0.15, -0.1) is 0 Å². The van der Waals surface area contributed by atoms with Crippen molar-refractivity contribution in [1.29, 1.82) is 0 Å². The zero-order valence-corrected chi connectivity index (χ0v) is 10.9. The van der Waals surface area contributed by atoms with Gasteiger partial charge in [0.15, 0.2) is 0 Å². The summed E-state index contributed by atoms with van der Waals surface area (Å²) < 4.78 is 10.6. The van der Waals surface area contributed by atoms with Gasteiger partial charge < -0.3 is 14.6 Å². The molecule has 4 heteroatoms. The van der Waals surface area contributed by atoms with Crippen molar-refractivity contribution in [2.75, 3.05) is 14.2 Å². The molecule has 0 aliphatic heterocycles. The average Bonchev–Trinajstić information content (AvgIpc) is 3.14. The summed E-state index contributed by atoms with van der Waals surface area (Å²) >= 11 is 0. The molecule has 0 bridgehead atoms. The number of aliphatic carboxylic acids is 1. The van der Waals surface area contributed by atoms with Crippen LogP contribution in [-0.2, 0) is 4.79 Å². The molecule has 1 aliphatic carbocycles. The van der Waals surface area contributed by atoms with E-state index in [2.05, 4.69) is 0 Å². The van der Waals surface area contributed by atoms with Crippen LogP contribution in [0.25, 0.3) is 0 Å². The third-order valence-corrected chi connectivity index (χ3v) is 3.44. The van der Waals surface area contributed by atoms with Crippen LogP contribution in [0.2, 0.25) is 0 Å². The van der Waals surface area contributed by atoms with E-state index in [9.17, 15) is 9.90 Å². The van der Waals surface area contributed by atoms with E-state index in [1.54, 1.807) is 20.3 Å². The molecule has 1 aromatic carbocycles. The second-order valence-corrected chi connectivity index (χ2v) is 4.72. The van der Waals surface area contributed by atoms with Gasteiger partial charge in [0.05, 0.1) is 20.1 Å². The van der Waals surface area contributed by atoms with Gasteiger partial charge in [-0.05, 0) is 43.4 Å². The van der Waals surface area contributed by atoms with E-state index in [1.807, 2.05) is 13.0 Å². The smallest absolute Gasteiger partial charge is 0.311 e. The summed E-state index contributed by atoms with van der Waals surface area (Å²) in [5, 5.41) is 9.39. The second kappa shape index (κ2) is 4.88. The first-order valence-electron chi connectivity index (χ1n) is 6.03. The first kappa shape index (κ1) is 12.7. The van der Waals surface area contributed by atoms with Crippen molar-refractivity contribution in [3.8, 4) is 11.5 Å². The molecular weight excluding hydrogens is 232 g/mol. The fourth-order valence-corrected chi connectivity index (χ4v) is 2.34. The summed E-state index contributed by atoms with van der Waals surface area (Å²) in [7, 11) is 3.15. The molecule has 2 rings (SSSR count). The van der Waals surface area contributed by atoms with Gasteiger partial charge in [-0.3, -0.25) is 4.79 Å². The number of carboxylic acids is 1. The van der Waals surface area contributed by atoms with Gasteiger partial charge in [0.25, 0.3) is 0 Å². The SMILES string of the molecule is COc1cc(C(C(=O)O)C2CC2)c(OC)cc1C. The van der Waals surface area contributed by atoms with E-state index in [0.29, 0.717) is 11.5 Å². The number of carboxylic acid groups (broad SMARTS) is 1. The Labute approximate surface area is 107 Å². The van der Waals surface area contributed by atoms with Crippen molar-refractivity contribution in [3.05, 3.63) is 23.3 Å². The lowest BCUT2D eigenvalue weighted by molar-refractivity contribution is -0.139. The molecule has 0 amide bonds. The lowest BCUT2D eigenvalue weighted by Crippen LogP contribution is -2.15. The van der Waals surface area contributed by atoms with Gasteiger partial charge in [-0.2, -0.15) is 0 Å². The van der Waals surface area contributed by atoms with Gasteiger partial charge in [0, 0.05) is 5.56 Å². The maximum Gasteiger partial charge on any atom is 0.311 e. The number of benzene rings is 1. The van der Waals surface area contributed by atoms with E-state index >= 15 is 0 Å². The molecule has 1 saturated carbocycles. The fourth-order valence-electron chi connectivity index (χ4n) is 2.34. The third-order valence-electron chi connectivity index (χ3n) is 3.44. The zero-order valence-electron chi connectivity index (χ0n) is 10.9. The number of aryl methyl sites for hydroxylation is 1. The number of methoxy groups -OCH3 is 2. The minimum absolute atomic E-state index is 0.226. The van der Waals surface area contributed by atoms with Crippen molar-refractivity contribution in [2.24, 2.45) is 5.92 Å². The highest BCUT2D eigenvalue weighted by molar-refractivity contribution is 5.78. The number of ether oxygens (including phenoxy) is 2. The Kier molecular flexibility index (Phi) is 3.45. The summed E-state index contributed by atoms with van der Waals surface area (Å²) in [6.07, 6.45) is 1.94. The van der Waals surface area contributed by atoms with Crippen molar-refractivity contribution < 1.29 is 19.4 Å². The Morgan fingerprint density at radius 3 is 2.33 bits per heavy atom. The van der Waals surface area contributed by atoms with Crippen LogP contribution in [0.1, 0.15) is 29.9 Å². The first-order valence-corrected chi connectivity index (χ1v) is 6.03. The Balaban J connectivity index is 2.49. The van der Waals surface area contributed by atoms with Crippen LogP contribution in [0.5, 0.6) is 11.5 Å². The van der Waals surface area contributed by atoms with Gasteiger partial charge in [-0.1, -0.05) is 0 Å². The highest BCUT2D eigenvalue weighted by atomic mass is 16.5. The second-order valence-electron chi connectivity index (χ2n) is 4.72. The predicted molar refractivity (Wildman–Crippen MR) is 67.4 cm³/mol. The molecule has 0 heterocycles. The molecule has 4 nitrogen and oxygen atoms in total. The summed E-state index contributed by atoms with van der Waals surface area (Å²) in [6.45, 7) is 1.91. The molecular formula is C14H18O4. The normalized spacial score (nSPS) is 16.2. The number of carbonyl (C=O) groups is 1. The average molecular weight is 250 g/mol. The van der Waals surface area contributed by atoms with Crippen LogP contribution in [-0.4, -0.2) is 25.3 Å². The maximum absolute atomic E-state index is 11.4. The summed E-state index contributed by atoms with van der Waals surface area (Å²) in [5.41, 5.74) is 1.66. The Morgan fingerprint density at radius 1 is 1.28 bits per heavy atom. The van der Waals surface area contributed by atoms with Gasteiger partial charge in [0.1, 0.15) is 11.5 Å². The van der Waals surface area contributed by atoms with E-state index in [0.717, 1.165) is 24.0 Å². The van der Waals surface area contributed by atoms with Crippen LogP contribution in [0.15, 0.2) is 12.1 Å². The Morgan fingerprint density at radius 2 is 1.89 bits per heavy atom. The molecule has 0 saturated heterocycles. The van der Waals surface area contributed by atoms with Gasteiger partial charge in [-0.25, -0.2) is 0 Å². The lowest BCUT2D eigenvalue weighted by Gasteiger charge is -2.18. The number of rotatable bonds is 5. The predicted octanol–water partition coefficient (Wildman–Crippen LogP) is 2.59. The molecule has 0 spiro atoms. The Bertz CT molecular complexity index is 463. The largest absolute Gasteiger partial charge is 0.496 e. The lowest BCUT2D eigenvalue weighted by atomic mass is 9.92. The zero-order chi connectivity index (χ0) is 13.3. The molecule has 0 radical (unpaired) electrons. The Hall–Kier alpha value is -1.71. The van der Waals surface area contributed by atoms with E-state index in [4.69, 9.17) is 9.47 Å². The summed E-state index contributed by atoms with van der Waals surface area (Å²) in [4.78, 5) is 11.4. The van der Waals surface area contributed by atoms with Crippen LogP contribution in [0.3, 0.4) is 0 Å². The number of hydrogen-bond acceptors (Lipinski definition) is 3. The van der Waals surface area contributed by atoms with E-state index in [1.165, 1.54) is 0 Å². The maximum atomic E-state index is 11.4. The highest BCUT2D eigenvalue weighted by Gasteiger charge is 2.39. The molecule has 98 valence electrons. The minimum Gasteiger partial charge on any atom is -0.496 e. The van der Waals surface area contributed by atoms with E-state index in [-0.39, 0.29) is 5.92 Å². The fraction of sp³-hybridized carbons (Fsp3) is 0.500. The monoisotopic (exact) mass is 250 g/mol. The minimum atomic E-state index is -0.790. The summed E-state index contributed by atoms with van der Waals surface area (Å²) in [6, 6.07) is 3.64. The molecule has 1 atom stereocenters. The molecule has 0 aromatic heterocycles. The third kappa shape index (κ3) is 2.28. The van der Waals surface area contributed by atoms with Crippen molar-refractivity contribution in [3.63, 3.8) is 0 Å². The van der Waals surface area contributed by atoms with Crippen molar-refractivity contribution in [1.82, 2.24) is 0 Å². The topological polar surface area (TPSA) is 55.8 Å². The molecule has 1 fully saturated rings. The molecule has 1 aliphatic rings. The van der Waals surface area contributed by atoms with Crippen LogP contribution in [0, 0.1) is 12.8 Å². The summed E-state index contributed by atoms with van der Waals surface area (Å²) in [5.74, 6) is 0.283. The standard InChI is InChI=1S/C14H18O4/c1-8-6-12(18-3)10(7-11(8)17-2)13(14(15)16)9-4-5-9/h6-7,9,13H,4-5H2,1-3H3,(H,15,16). The van der Waals surface area contributed by atoms with Crippen LogP contribution >= 0.6 is 0 Å². The first-order chi connectivity index (χ1) is 8.58. The van der Waals surface area contributed by atoms with Gasteiger partial charge >= 0.3 is 5.97 Å². The highest BCUT2D eigenvalue weighted by Crippen LogP contribution is 2.46. The van der Waals surface area contributed by atoms with Crippen LogP contribution in [0.4, 0.5) is 0 Å².